The first-order chi connectivity index (χ1) is 9.49. The minimum atomic E-state index is -1.79. The molecule has 4 nitrogen and oxygen atoms in total. The van der Waals surface area contributed by atoms with Gasteiger partial charge in [-0.2, -0.15) is 5.10 Å². The number of alkyl halides is 1. The largest absolute Gasteiger partial charge is 0.380 e. The van der Waals surface area contributed by atoms with Crippen LogP contribution >= 0.6 is 23.2 Å². The molecule has 108 valence electrons. The van der Waals surface area contributed by atoms with Gasteiger partial charge in [-0.3, -0.25) is 0 Å². The molecule has 0 bridgehead atoms. The highest BCUT2D eigenvalue weighted by molar-refractivity contribution is 6.35. The molecule has 2 rings (SSSR count). The number of aliphatic hydroxyl groups is 1. The third-order valence-electron chi connectivity index (χ3n) is 3.09. The summed E-state index contributed by atoms with van der Waals surface area (Å²) in [5.74, 6) is 0. The molecule has 2 aromatic rings. The highest BCUT2D eigenvalue weighted by Crippen LogP contribution is 2.41. The second kappa shape index (κ2) is 6.08. The van der Waals surface area contributed by atoms with E-state index in [2.05, 4.69) is 10.1 Å². The Morgan fingerprint density at radius 2 is 2.20 bits per heavy atom. The number of hydrogen-bond acceptors (Lipinski definition) is 3. The minimum Gasteiger partial charge on any atom is -0.380 e. The number of benzene rings is 1. The SMILES string of the molecule is CCCC(O)(c1ccc(Cl)cc1Cl)C(F)n1cncn1. The predicted octanol–water partition coefficient (Wildman–Crippen LogP) is 3.74. The Kier molecular flexibility index (Phi) is 4.62. The number of halogens is 3. The molecule has 0 saturated heterocycles. The molecule has 0 aliphatic carbocycles. The molecule has 0 saturated carbocycles. The van der Waals surface area contributed by atoms with E-state index in [4.69, 9.17) is 23.2 Å². The molecule has 0 spiro atoms. The van der Waals surface area contributed by atoms with Crippen molar-refractivity contribution in [3.63, 3.8) is 0 Å². The molecule has 1 aromatic heterocycles. The third-order valence-corrected chi connectivity index (χ3v) is 3.64. The van der Waals surface area contributed by atoms with Gasteiger partial charge in [0.1, 0.15) is 18.3 Å². The Labute approximate surface area is 126 Å². The standard InChI is InChI=1S/C13H14Cl2FN3O/c1-2-5-13(20,12(16)19-8-17-7-18-19)10-4-3-9(14)6-11(10)15/h3-4,6-8,12,20H,2,5H2,1H3. The molecule has 0 aliphatic heterocycles. The van der Waals surface area contributed by atoms with Gasteiger partial charge in [0.2, 0.25) is 6.30 Å². The van der Waals surface area contributed by atoms with Gasteiger partial charge in [-0.25, -0.2) is 14.1 Å². The van der Waals surface area contributed by atoms with Gasteiger partial charge in [0.05, 0.1) is 0 Å². The van der Waals surface area contributed by atoms with Crippen molar-refractivity contribution in [1.82, 2.24) is 14.8 Å². The van der Waals surface area contributed by atoms with Crippen LogP contribution in [0.25, 0.3) is 0 Å². The van der Waals surface area contributed by atoms with Crippen LogP contribution in [0.3, 0.4) is 0 Å². The van der Waals surface area contributed by atoms with Gasteiger partial charge in [0.15, 0.2) is 0 Å². The molecule has 0 amide bonds. The van der Waals surface area contributed by atoms with Crippen molar-refractivity contribution >= 4 is 23.2 Å². The molecular formula is C13H14Cl2FN3O. The highest BCUT2D eigenvalue weighted by atomic mass is 35.5. The van der Waals surface area contributed by atoms with Gasteiger partial charge in [-0.15, -0.1) is 0 Å². The predicted molar refractivity (Wildman–Crippen MR) is 75.4 cm³/mol. The highest BCUT2D eigenvalue weighted by Gasteiger charge is 2.41. The summed E-state index contributed by atoms with van der Waals surface area (Å²) in [5.41, 5.74) is -1.50. The number of rotatable bonds is 5. The van der Waals surface area contributed by atoms with Gasteiger partial charge in [0.25, 0.3) is 0 Å². The molecule has 2 atom stereocenters. The van der Waals surface area contributed by atoms with E-state index >= 15 is 0 Å². The lowest BCUT2D eigenvalue weighted by Gasteiger charge is -2.32. The molecule has 1 N–H and O–H groups in total. The van der Waals surface area contributed by atoms with E-state index in [1.807, 2.05) is 6.92 Å². The minimum absolute atomic E-state index is 0.190. The van der Waals surface area contributed by atoms with Crippen LogP contribution in [0, 0.1) is 0 Å². The van der Waals surface area contributed by atoms with E-state index < -0.39 is 11.9 Å². The maximum absolute atomic E-state index is 14.7. The normalized spacial score (nSPS) is 15.8. The maximum atomic E-state index is 14.7. The first kappa shape index (κ1) is 15.2. The Morgan fingerprint density at radius 1 is 1.45 bits per heavy atom. The Balaban J connectivity index is 2.48. The fraction of sp³-hybridized carbons (Fsp3) is 0.385. The number of aromatic nitrogens is 3. The van der Waals surface area contributed by atoms with Crippen LogP contribution in [0.5, 0.6) is 0 Å². The average molecular weight is 318 g/mol. The van der Waals surface area contributed by atoms with Gasteiger partial charge < -0.3 is 5.11 Å². The second-order valence-electron chi connectivity index (χ2n) is 4.51. The summed E-state index contributed by atoms with van der Waals surface area (Å²) in [6.07, 6.45) is 1.40. The zero-order valence-corrected chi connectivity index (χ0v) is 12.3. The molecule has 0 aliphatic rings. The molecule has 0 radical (unpaired) electrons. The molecule has 1 aromatic carbocycles. The average Bonchev–Trinajstić information content (AvgIpc) is 2.91. The van der Waals surface area contributed by atoms with E-state index in [1.54, 1.807) is 6.07 Å². The Bertz CT molecular complexity index is 579. The summed E-state index contributed by atoms with van der Waals surface area (Å²) in [5, 5.41) is 15.2. The van der Waals surface area contributed by atoms with Crippen LogP contribution in [0.2, 0.25) is 10.0 Å². The van der Waals surface area contributed by atoms with Crippen molar-refractivity contribution in [2.24, 2.45) is 0 Å². The van der Waals surface area contributed by atoms with E-state index in [9.17, 15) is 9.50 Å². The summed E-state index contributed by atoms with van der Waals surface area (Å²) >= 11 is 11.9. The Hall–Kier alpha value is -1.17. The fourth-order valence-electron chi connectivity index (χ4n) is 2.16. The molecule has 7 heteroatoms. The first-order valence-electron chi connectivity index (χ1n) is 6.15. The van der Waals surface area contributed by atoms with Crippen LogP contribution in [-0.4, -0.2) is 19.9 Å². The Morgan fingerprint density at radius 3 is 2.75 bits per heavy atom. The van der Waals surface area contributed by atoms with Crippen molar-refractivity contribution in [2.45, 2.75) is 31.7 Å². The van der Waals surface area contributed by atoms with Gasteiger partial charge in [-0.05, 0) is 18.6 Å². The third kappa shape index (κ3) is 2.80. The van der Waals surface area contributed by atoms with Crippen molar-refractivity contribution in [1.29, 1.82) is 0 Å². The van der Waals surface area contributed by atoms with Crippen molar-refractivity contribution in [3.8, 4) is 0 Å². The summed E-state index contributed by atoms with van der Waals surface area (Å²) in [4.78, 5) is 3.69. The molecule has 20 heavy (non-hydrogen) atoms. The van der Waals surface area contributed by atoms with E-state index in [1.165, 1.54) is 24.8 Å². The van der Waals surface area contributed by atoms with Crippen molar-refractivity contribution in [2.75, 3.05) is 0 Å². The monoisotopic (exact) mass is 317 g/mol. The van der Waals surface area contributed by atoms with Crippen LogP contribution in [0.4, 0.5) is 4.39 Å². The molecule has 2 unspecified atom stereocenters. The summed E-state index contributed by atoms with van der Waals surface area (Å²) in [6, 6.07) is 4.58. The topological polar surface area (TPSA) is 50.9 Å². The number of nitrogens with zero attached hydrogens (tertiary/aromatic N) is 3. The number of hydrogen-bond donors (Lipinski definition) is 1. The van der Waals surface area contributed by atoms with Gasteiger partial charge >= 0.3 is 0 Å². The maximum Gasteiger partial charge on any atom is 0.225 e. The first-order valence-corrected chi connectivity index (χ1v) is 6.90. The van der Waals surface area contributed by atoms with Crippen molar-refractivity contribution < 1.29 is 9.50 Å². The smallest absolute Gasteiger partial charge is 0.225 e. The molecule has 1 heterocycles. The van der Waals surface area contributed by atoms with Crippen LogP contribution in [0.15, 0.2) is 30.9 Å². The van der Waals surface area contributed by atoms with Gasteiger partial charge in [-0.1, -0.05) is 42.6 Å². The van der Waals surface area contributed by atoms with Crippen LogP contribution < -0.4 is 0 Å². The summed E-state index contributed by atoms with van der Waals surface area (Å²) < 4.78 is 15.7. The lowest BCUT2D eigenvalue weighted by molar-refractivity contribution is -0.0876. The quantitative estimate of drug-likeness (QED) is 0.913. The lowest BCUT2D eigenvalue weighted by Crippen LogP contribution is -2.35. The zero-order chi connectivity index (χ0) is 14.8. The van der Waals surface area contributed by atoms with E-state index in [0.29, 0.717) is 11.4 Å². The summed E-state index contributed by atoms with van der Waals surface area (Å²) in [7, 11) is 0. The second-order valence-corrected chi connectivity index (χ2v) is 5.35. The zero-order valence-electron chi connectivity index (χ0n) is 10.8. The molecule has 0 fully saturated rings. The van der Waals surface area contributed by atoms with Crippen LogP contribution in [0.1, 0.15) is 31.6 Å². The van der Waals surface area contributed by atoms with Crippen molar-refractivity contribution in [3.05, 3.63) is 46.5 Å². The van der Waals surface area contributed by atoms with Crippen LogP contribution in [-0.2, 0) is 5.60 Å². The van der Waals surface area contributed by atoms with E-state index in [0.717, 1.165) is 4.68 Å². The fourth-order valence-corrected chi connectivity index (χ4v) is 2.73. The summed E-state index contributed by atoms with van der Waals surface area (Å²) in [6.45, 7) is 1.85. The molecular weight excluding hydrogens is 304 g/mol. The lowest BCUT2D eigenvalue weighted by atomic mass is 9.88. The van der Waals surface area contributed by atoms with E-state index in [-0.39, 0.29) is 17.0 Å². The van der Waals surface area contributed by atoms with Gasteiger partial charge in [0, 0.05) is 15.6 Å².